The molecule has 0 amide bonds. The second kappa shape index (κ2) is 5.84. The summed E-state index contributed by atoms with van der Waals surface area (Å²) in [5, 5.41) is 4.38. The Bertz CT molecular complexity index is 455. The van der Waals surface area contributed by atoms with E-state index in [2.05, 4.69) is 34.1 Å². The van der Waals surface area contributed by atoms with Crippen LogP contribution in [0.25, 0.3) is 10.7 Å². The van der Waals surface area contributed by atoms with Gasteiger partial charge in [0.15, 0.2) is 0 Å². The molecule has 0 saturated heterocycles. The van der Waals surface area contributed by atoms with Crippen LogP contribution in [0.2, 0.25) is 0 Å². The summed E-state index contributed by atoms with van der Waals surface area (Å²) in [6.45, 7) is 5.23. The van der Waals surface area contributed by atoms with Crippen molar-refractivity contribution in [3.8, 4) is 10.7 Å². The predicted octanol–water partition coefficient (Wildman–Crippen LogP) is 2.49. The molecule has 5 heteroatoms. The predicted molar refractivity (Wildman–Crippen MR) is 69.7 cm³/mol. The fourth-order valence-corrected chi connectivity index (χ4v) is 2.16. The SMILES string of the molecule is CCC(C)NCc1cnc(-c2cnccn2)s1. The molecule has 0 saturated carbocycles. The van der Waals surface area contributed by atoms with Gasteiger partial charge >= 0.3 is 0 Å². The van der Waals surface area contributed by atoms with Gasteiger partial charge in [-0.2, -0.15) is 0 Å². The van der Waals surface area contributed by atoms with Crippen molar-refractivity contribution in [3.63, 3.8) is 0 Å². The first-order valence-corrected chi connectivity index (χ1v) is 6.55. The van der Waals surface area contributed by atoms with Crippen LogP contribution in [0.5, 0.6) is 0 Å². The van der Waals surface area contributed by atoms with E-state index in [1.54, 1.807) is 29.9 Å². The molecule has 2 aromatic heterocycles. The molecule has 1 atom stereocenters. The highest BCUT2D eigenvalue weighted by atomic mass is 32.1. The fraction of sp³-hybridized carbons (Fsp3) is 0.417. The monoisotopic (exact) mass is 248 g/mol. The Morgan fingerprint density at radius 1 is 1.29 bits per heavy atom. The molecular weight excluding hydrogens is 232 g/mol. The minimum Gasteiger partial charge on any atom is -0.309 e. The third-order valence-electron chi connectivity index (χ3n) is 2.57. The van der Waals surface area contributed by atoms with Crippen LogP contribution in [0.3, 0.4) is 0 Å². The maximum absolute atomic E-state index is 4.37. The Morgan fingerprint density at radius 3 is 2.88 bits per heavy atom. The second-order valence-electron chi connectivity index (χ2n) is 3.91. The topological polar surface area (TPSA) is 50.7 Å². The van der Waals surface area contributed by atoms with Gasteiger partial charge in [-0.15, -0.1) is 11.3 Å². The quantitative estimate of drug-likeness (QED) is 0.883. The van der Waals surface area contributed by atoms with Gasteiger partial charge in [0.05, 0.1) is 6.20 Å². The number of rotatable bonds is 5. The highest BCUT2D eigenvalue weighted by Crippen LogP contribution is 2.22. The second-order valence-corrected chi connectivity index (χ2v) is 5.03. The van der Waals surface area contributed by atoms with Crippen LogP contribution < -0.4 is 5.32 Å². The van der Waals surface area contributed by atoms with Gasteiger partial charge < -0.3 is 5.32 Å². The molecule has 0 bridgehead atoms. The van der Waals surface area contributed by atoms with Crippen LogP contribution >= 0.6 is 11.3 Å². The smallest absolute Gasteiger partial charge is 0.143 e. The Labute approximate surface area is 105 Å². The molecule has 17 heavy (non-hydrogen) atoms. The molecular formula is C12H16N4S. The number of nitrogens with one attached hydrogen (secondary N) is 1. The largest absolute Gasteiger partial charge is 0.309 e. The summed E-state index contributed by atoms with van der Waals surface area (Å²) in [7, 11) is 0. The van der Waals surface area contributed by atoms with Crippen LogP contribution in [0.15, 0.2) is 24.8 Å². The van der Waals surface area contributed by atoms with E-state index in [0.717, 1.165) is 23.7 Å². The Morgan fingerprint density at radius 2 is 2.18 bits per heavy atom. The molecule has 2 rings (SSSR count). The molecule has 2 aromatic rings. The van der Waals surface area contributed by atoms with Gasteiger partial charge in [0.1, 0.15) is 10.7 Å². The molecule has 0 fully saturated rings. The standard InChI is InChI=1S/C12H16N4S/c1-3-9(2)15-6-10-7-16-12(17-10)11-8-13-4-5-14-11/h4-5,7-9,15H,3,6H2,1-2H3. The van der Waals surface area contributed by atoms with E-state index in [0.29, 0.717) is 6.04 Å². The van der Waals surface area contributed by atoms with Crippen molar-refractivity contribution < 1.29 is 0 Å². The van der Waals surface area contributed by atoms with Crippen molar-refractivity contribution >= 4 is 11.3 Å². The van der Waals surface area contributed by atoms with Crippen LogP contribution in [0.4, 0.5) is 0 Å². The molecule has 0 aromatic carbocycles. The Balaban J connectivity index is 2.01. The number of hydrogen-bond donors (Lipinski definition) is 1. The molecule has 1 N–H and O–H groups in total. The van der Waals surface area contributed by atoms with Crippen LogP contribution in [-0.2, 0) is 6.54 Å². The van der Waals surface area contributed by atoms with Crippen molar-refractivity contribution in [3.05, 3.63) is 29.7 Å². The fourth-order valence-electron chi connectivity index (χ4n) is 1.34. The lowest BCUT2D eigenvalue weighted by molar-refractivity contribution is 0.537. The van der Waals surface area contributed by atoms with E-state index < -0.39 is 0 Å². The van der Waals surface area contributed by atoms with E-state index in [1.807, 2.05) is 6.20 Å². The van der Waals surface area contributed by atoms with Gasteiger partial charge in [0, 0.05) is 36.1 Å². The molecule has 0 aliphatic carbocycles. The molecule has 4 nitrogen and oxygen atoms in total. The van der Waals surface area contributed by atoms with Crippen molar-refractivity contribution in [2.24, 2.45) is 0 Å². The van der Waals surface area contributed by atoms with Crippen molar-refractivity contribution in [1.82, 2.24) is 20.3 Å². The molecule has 0 radical (unpaired) electrons. The summed E-state index contributed by atoms with van der Waals surface area (Å²) < 4.78 is 0. The van der Waals surface area contributed by atoms with E-state index >= 15 is 0 Å². The average molecular weight is 248 g/mol. The molecule has 1 unspecified atom stereocenters. The average Bonchev–Trinajstić information content (AvgIpc) is 2.86. The lowest BCUT2D eigenvalue weighted by Crippen LogP contribution is -2.23. The molecule has 0 aliphatic rings. The van der Waals surface area contributed by atoms with Gasteiger partial charge in [-0.1, -0.05) is 6.92 Å². The lowest BCUT2D eigenvalue weighted by Gasteiger charge is -2.08. The van der Waals surface area contributed by atoms with Gasteiger partial charge in [-0.25, -0.2) is 4.98 Å². The van der Waals surface area contributed by atoms with Gasteiger partial charge in [0.25, 0.3) is 0 Å². The highest BCUT2D eigenvalue weighted by molar-refractivity contribution is 7.14. The number of aromatic nitrogens is 3. The van der Waals surface area contributed by atoms with Crippen LogP contribution in [0.1, 0.15) is 25.1 Å². The summed E-state index contributed by atoms with van der Waals surface area (Å²) in [6.07, 6.45) is 8.14. The van der Waals surface area contributed by atoms with Gasteiger partial charge in [-0.3, -0.25) is 9.97 Å². The molecule has 2 heterocycles. The summed E-state index contributed by atoms with van der Waals surface area (Å²) in [5.41, 5.74) is 0.840. The van der Waals surface area contributed by atoms with Gasteiger partial charge in [-0.05, 0) is 13.3 Å². The molecule has 90 valence electrons. The minimum absolute atomic E-state index is 0.539. The lowest BCUT2D eigenvalue weighted by atomic mass is 10.2. The molecule has 0 aliphatic heterocycles. The first kappa shape index (κ1) is 12.1. The number of thiazole rings is 1. The van der Waals surface area contributed by atoms with Crippen molar-refractivity contribution in [2.75, 3.05) is 0 Å². The summed E-state index contributed by atoms with van der Waals surface area (Å²) >= 11 is 1.66. The Kier molecular flexibility index (Phi) is 4.17. The van der Waals surface area contributed by atoms with Crippen LogP contribution in [-0.4, -0.2) is 21.0 Å². The van der Waals surface area contributed by atoms with E-state index in [9.17, 15) is 0 Å². The summed E-state index contributed by atoms with van der Waals surface area (Å²) in [5.74, 6) is 0. The van der Waals surface area contributed by atoms with E-state index in [4.69, 9.17) is 0 Å². The van der Waals surface area contributed by atoms with Crippen molar-refractivity contribution in [1.29, 1.82) is 0 Å². The van der Waals surface area contributed by atoms with E-state index in [-0.39, 0.29) is 0 Å². The first-order valence-electron chi connectivity index (χ1n) is 5.74. The minimum atomic E-state index is 0.539. The zero-order chi connectivity index (χ0) is 12.1. The number of nitrogens with zero attached hydrogens (tertiary/aromatic N) is 3. The molecule has 0 spiro atoms. The zero-order valence-electron chi connectivity index (χ0n) is 10.1. The van der Waals surface area contributed by atoms with Crippen LogP contribution in [0, 0.1) is 0 Å². The summed E-state index contributed by atoms with van der Waals surface area (Å²) in [6, 6.07) is 0.539. The third-order valence-corrected chi connectivity index (χ3v) is 3.59. The summed E-state index contributed by atoms with van der Waals surface area (Å²) in [4.78, 5) is 13.9. The maximum Gasteiger partial charge on any atom is 0.143 e. The highest BCUT2D eigenvalue weighted by Gasteiger charge is 2.06. The first-order chi connectivity index (χ1) is 8.29. The number of hydrogen-bond acceptors (Lipinski definition) is 5. The third kappa shape index (κ3) is 3.31. The van der Waals surface area contributed by atoms with E-state index in [1.165, 1.54) is 4.88 Å². The maximum atomic E-state index is 4.37. The normalized spacial score (nSPS) is 12.6. The Hall–Kier alpha value is -1.33. The van der Waals surface area contributed by atoms with Gasteiger partial charge in [0.2, 0.25) is 0 Å². The van der Waals surface area contributed by atoms with Crippen molar-refractivity contribution in [2.45, 2.75) is 32.9 Å². The zero-order valence-corrected chi connectivity index (χ0v) is 10.9.